The first kappa shape index (κ1) is 13.3. The summed E-state index contributed by atoms with van der Waals surface area (Å²) in [6, 6.07) is 10.3. The number of anilines is 2. The van der Waals surface area contributed by atoms with Crippen molar-refractivity contribution in [1.82, 2.24) is 9.97 Å². The fourth-order valence-corrected chi connectivity index (χ4v) is 1.99. The van der Waals surface area contributed by atoms with Gasteiger partial charge < -0.3 is 10.6 Å². The van der Waals surface area contributed by atoms with Crippen LogP contribution in [0.15, 0.2) is 36.7 Å². The van der Waals surface area contributed by atoms with Crippen LogP contribution in [-0.4, -0.2) is 16.0 Å². The highest BCUT2D eigenvalue weighted by molar-refractivity contribution is 5.50. The molecule has 0 unspecified atom stereocenters. The van der Waals surface area contributed by atoms with E-state index < -0.39 is 0 Å². The third kappa shape index (κ3) is 3.22. The Bertz CT molecular complexity index is 551. The lowest BCUT2D eigenvalue weighted by Gasteiger charge is -2.28. The van der Waals surface area contributed by atoms with Crippen molar-refractivity contribution in [1.29, 1.82) is 0 Å². The Morgan fingerprint density at radius 3 is 2.58 bits per heavy atom. The van der Waals surface area contributed by atoms with Gasteiger partial charge in [0.25, 0.3) is 0 Å². The molecule has 2 N–H and O–H groups in total. The van der Waals surface area contributed by atoms with Crippen molar-refractivity contribution in [2.45, 2.75) is 33.4 Å². The maximum Gasteiger partial charge on any atom is 0.132 e. The molecular weight excluding hydrogens is 236 g/mol. The second-order valence-electron chi connectivity index (χ2n) is 4.94. The van der Waals surface area contributed by atoms with Gasteiger partial charge in [0.1, 0.15) is 12.1 Å². The molecule has 2 aromatic rings. The van der Waals surface area contributed by atoms with Gasteiger partial charge in [-0.1, -0.05) is 18.2 Å². The summed E-state index contributed by atoms with van der Waals surface area (Å²) < 4.78 is 0. The van der Waals surface area contributed by atoms with Gasteiger partial charge in [0.15, 0.2) is 0 Å². The molecule has 0 spiro atoms. The predicted molar refractivity (Wildman–Crippen MR) is 78.9 cm³/mol. The monoisotopic (exact) mass is 256 g/mol. The van der Waals surface area contributed by atoms with E-state index in [9.17, 15) is 0 Å². The lowest BCUT2D eigenvalue weighted by atomic mass is 10.1. The molecule has 4 heteroatoms. The molecule has 2 rings (SSSR count). The largest absolute Gasteiger partial charge is 0.398 e. The minimum Gasteiger partial charge on any atom is -0.398 e. The van der Waals surface area contributed by atoms with Crippen molar-refractivity contribution in [2.24, 2.45) is 0 Å². The number of para-hydroxylation sites is 1. The second-order valence-corrected chi connectivity index (χ2v) is 4.94. The fourth-order valence-electron chi connectivity index (χ4n) is 1.99. The first-order valence-corrected chi connectivity index (χ1v) is 6.46. The van der Waals surface area contributed by atoms with Crippen LogP contribution in [0.1, 0.15) is 25.1 Å². The molecule has 4 nitrogen and oxygen atoms in total. The lowest BCUT2D eigenvalue weighted by Crippen LogP contribution is -2.31. The number of hydrogen-bond donors (Lipinski definition) is 1. The maximum atomic E-state index is 6.02. The fraction of sp³-hybridized carbons (Fsp3) is 0.333. The quantitative estimate of drug-likeness (QED) is 0.855. The molecule has 0 saturated heterocycles. The van der Waals surface area contributed by atoms with E-state index in [0.29, 0.717) is 6.04 Å². The Morgan fingerprint density at radius 2 is 1.95 bits per heavy atom. The van der Waals surface area contributed by atoms with E-state index in [1.54, 1.807) is 6.33 Å². The van der Waals surface area contributed by atoms with Gasteiger partial charge in [-0.05, 0) is 32.4 Å². The Labute approximate surface area is 114 Å². The van der Waals surface area contributed by atoms with Gasteiger partial charge in [-0.25, -0.2) is 9.97 Å². The van der Waals surface area contributed by atoms with Crippen LogP contribution < -0.4 is 10.6 Å². The number of aryl methyl sites for hydroxylation is 1. The van der Waals surface area contributed by atoms with Crippen molar-refractivity contribution in [3.8, 4) is 0 Å². The van der Waals surface area contributed by atoms with E-state index >= 15 is 0 Å². The lowest BCUT2D eigenvalue weighted by molar-refractivity contribution is 0.671. The number of nitrogens with zero attached hydrogens (tertiary/aromatic N) is 3. The first-order chi connectivity index (χ1) is 9.08. The number of rotatable bonds is 4. The van der Waals surface area contributed by atoms with Crippen LogP contribution in [0, 0.1) is 6.92 Å². The van der Waals surface area contributed by atoms with Crippen molar-refractivity contribution in [3.63, 3.8) is 0 Å². The first-order valence-electron chi connectivity index (χ1n) is 6.46. The molecule has 0 atom stereocenters. The summed E-state index contributed by atoms with van der Waals surface area (Å²) in [5, 5.41) is 0. The minimum absolute atomic E-state index is 0.342. The number of nitrogens with two attached hydrogens (primary N) is 1. The van der Waals surface area contributed by atoms with Crippen LogP contribution in [0.2, 0.25) is 0 Å². The standard InChI is InChI=1S/C15H20N4/c1-11(2)19(15-8-12(3)17-10-18-15)9-13-6-4-5-7-14(13)16/h4-8,10-11H,9,16H2,1-3H3. The summed E-state index contributed by atoms with van der Waals surface area (Å²) in [7, 11) is 0. The smallest absolute Gasteiger partial charge is 0.132 e. The molecule has 1 aromatic carbocycles. The van der Waals surface area contributed by atoms with Gasteiger partial charge in [-0.15, -0.1) is 0 Å². The molecule has 0 aliphatic carbocycles. The Balaban J connectivity index is 2.29. The third-order valence-corrected chi connectivity index (χ3v) is 3.10. The van der Waals surface area contributed by atoms with Crippen LogP contribution in [-0.2, 0) is 6.54 Å². The van der Waals surface area contributed by atoms with E-state index in [2.05, 4.69) is 34.8 Å². The van der Waals surface area contributed by atoms with Gasteiger partial charge in [0, 0.05) is 30.0 Å². The molecule has 100 valence electrons. The highest BCUT2D eigenvalue weighted by Crippen LogP contribution is 2.20. The summed E-state index contributed by atoms with van der Waals surface area (Å²) >= 11 is 0. The van der Waals surface area contributed by atoms with Gasteiger partial charge >= 0.3 is 0 Å². The zero-order chi connectivity index (χ0) is 13.8. The summed E-state index contributed by atoms with van der Waals surface area (Å²) in [4.78, 5) is 10.7. The molecule has 0 amide bonds. The Morgan fingerprint density at radius 1 is 1.21 bits per heavy atom. The number of nitrogen functional groups attached to an aromatic ring is 1. The van der Waals surface area contributed by atoms with E-state index in [1.165, 1.54) is 0 Å². The topological polar surface area (TPSA) is 55.0 Å². The summed E-state index contributed by atoms with van der Waals surface area (Å²) in [6.07, 6.45) is 1.61. The van der Waals surface area contributed by atoms with Crippen LogP contribution in [0.3, 0.4) is 0 Å². The summed E-state index contributed by atoms with van der Waals surface area (Å²) in [5.41, 5.74) is 8.92. The highest BCUT2D eigenvalue weighted by Gasteiger charge is 2.14. The average Bonchev–Trinajstić information content (AvgIpc) is 2.37. The van der Waals surface area contributed by atoms with Crippen molar-refractivity contribution < 1.29 is 0 Å². The molecule has 0 aliphatic rings. The van der Waals surface area contributed by atoms with Crippen molar-refractivity contribution in [3.05, 3.63) is 47.9 Å². The molecule has 0 aliphatic heterocycles. The van der Waals surface area contributed by atoms with Gasteiger partial charge in [0.2, 0.25) is 0 Å². The Kier molecular flexibility index (Phi) is 4.00. The molecule has 1 aromatic heterocycles. The average molecular weight is 256 g/mol. The van der Waals surface area contributed by atoms with E-state index in [-0.39, 0.29) is 0 Å². The molecule has 0 saturated carbocycles. The van der Waals surface area contributed by atoms with Crippen LogP contribution in [0.25, 0.3) is 0 Å². The summed E-state index contributed by atoms with van der Waals surface area (Å²) in [5.74, 6) is 0.936. The number of aromatic nitrogens is 2. The van der Waals surface area contributed by atoms with Gasteiger partial charge in [-0.3, -0.25) is 0 Å². The zero-order valence-electron chi connectivity index (χ0n) is 11.7. The Hall–Kier alpha value is -2.10. The molecule has 0 radical (unpaired) electrons. The molecule has 0 fully saturated rings. The zero-order valence-corrected chi connectivity index (χ0v) is 11.7. The van der Waals surface area contributed by atoms with E-state index in [0.717, 1.165) is 29.3 Å². The van der Waals surface area contributed by atoms with Crippen molar-refractivity contribution in [2.75, 3.05) is 10.6 Å². The van der Waals surface area contributed by atoms with E-state index in [1.807, 2.05) is 31.2 Å². The normalized spacial score (nSPS) is 10.7. The van der Waals surface area contributed by atoms with Gasteiger partial charge in [0.05, 0.1) is 0 Å². The molecule has 19 heavy (non-hydrogen) atoms. The summed E-state index contributed by atoms with van der Waals surface area (Å²) in [6.45, 7) is 7.02. The molecule has 0 bridgehead atoms. The van der Waals surface area contributed by atoms with E-state index in [4.69, 9.17) is 5.73 Å². The number of hydrogen-bond acceptors (Lipinski definition) is 4. The van der Waals surface area contributed by atoms with Crippen LogP contribution >= 0.6 is 0 Å². The SMILES string of the molecule is Cc1cc(N(Cc2ccccc2N)C(C)C)ncn1. The van der Waals surface area contributed by atoms with Crippen LogP contribution in [0.5, 0.6) is 0 Å². The molecule has 1 heterocycles. The van der Waals surface area contributed by atoms with Gasteiger partial charge in [-0.2, -0.15) is 0 Å². The van der Waals surface area contributed by atoms with Crippen molar-refractivity contribution >= 4 is 11.5 Å². The van der Waals surface area contributed by atoms with Crippen LogP contribution in [0.4, 0.5) is 11.5 Å². The second kappa shape index (κ2) is 5.69. The maximum absolute atomic E-state index is 6.02. The highest BCUT2D eigenvalue weighted by atomic mass is 15.2. The molecular formula is C15H20N4. The third-order valence-electron chi connectivity index (χ3n) is 3.10. The predicted octanol–water partition coefficient (Wildman–Crippen LogP) is 2.78. The minimum atomic E-state index is 0.342. The number of benzene rings is 1.